The molecule has 0 radical (unpaired) electrons. The zero-order valence-electron chi connectivity index (χ0n) is 7.04. The van der Waals surface area contributed by atoms with Crippen molar-refractivity contribution in [1.82, 2.24) is 0 Å². The molecule has 0 bridgehead atoms. The smallest absolute Gasteiger partial charge is 0.0761 e. The molecule has 0 saturated carbocycles. The van der Waals surface area contributed by atoms with Crippen LogP contribution in [0.15, 0.2) is 30.5 Å². The topological polar surface area (TPSA) is 26.0 Å². The molecule has 0 amide bonds. The molecule has 1 nitrogen and oxygen atoms in total. The van der Waals surface area contributed by atoms with E-state index in [2.05, 4.69) is 49.4 Å². The van der Waals surface area contributed by atoms with Gasteiger partial charge in [0.2, 0.25) is 0 Å². The average molecular weight is 353 g/mol. The fraction of sp³-hybridized carbons (Fsp3) is 0.111. The largest absolute Gasteiger partial charge is 0.320 e. The minimum atomic E-state index is -0.0295. The lowest BCUT2D eigenvalue weighted by Crippen LogP contribution is -2.10. The number of halogens is 2. The molecule has 2 heterocycles. The Bertz CT molecular complexity index is 422. The molecule has 2 aromatic heterocycles. The molecule has 0 spiro atoms. The van der Waals surface area contributed by atoms with Gasteiger partial charge in [-0.1, -0.05) is 0 Å². The Kier molecular flexibility index (Phi) is 3.44. The number of thiophene rings is 2. The summed E-state index contributed by atoms with van der Waals surface area (Å²) in [7, 11) is 0. The van der Waals surface area contributed by atoms with Gasteiger partial charge in [-0.05, 0) is 65.9 Å². The second-order valence-electron chi connectivity index (χ2n) is 2.81. The second-order valence-corrected chi connectivity index (χ2v) is 7.34. The van der Waals surface area contributed by atoms with Crippen molar-refractivity contribution in [2.45, 2.75) is 6.04 Å². The monoisotopic (exact) mass is 351 g/mol. The highest BCUT2D eigenvalue weighted by atomic mass is 79.9. The summed E-state index contributed by atoms with van der Waals surface area (Å²) < 4.78 is 2.20. The van der Waals surface area contributed by atoms with Crippen molar-refractivity contribution >= 4 is 54.5 Å². The van der Waals surface area contributed by atoms with E-state index in [0.29, 0.717) is 0 Å². The van der Waals surface area contributed by atoms with Gasteiger partial charge in [-0.15, -0.1) is 11.3 Å². The van der Waals surface area contributed by atoms with E-state index < -0.39 is 0 Å². The molecule has 0 aliphatic carbocycles. The Morgan fingerprint density at radius 3 is 2.64 bits per heavy atom. The molecule has 0 aliphatic rings. The van der Waals surface area contributed by atoms with Gasteiger partial charge < -0.3 is 5.73 Å². The first-order chi connectivity index (χ1) is 6.68. The van der Waals surface area contributed by atoms with Crippen LogP contribution in [-0.2, 0) is 0 Å². The number of hydrogen-bond donors (Lipinski definition) is 1. The maximum absolute atomic E-state index is 6.14. The minimum Gasteiger partial charge on any atom is -0.320 e. The van der Waals surface area contributed by atoms with Gasteiger partial charge in [0.1, 0.15) is 0 Å². The SMILES string of the molecule is NC(c1ccsc1)c1cc(Br)sc1Br. The van der Waals surface area contributed by atoms with E-state index in [-0.39, 0.29) is 6.04 Å². The average Bonchev–Trinajstić information content (AvgIpc) is 2.73. The van der Waals surface area contributed by atoms with E-state index in [1.165, 1.54) is 5.56 Å². The molecule has 0 aliphatic heterocycles. The van der Waals surface area contributed by atoms with Crippen LogP contribution in [0.1, 0.15) is 17.2 Å². The summed E-state index contributed by atoms with van der Waals surface area (Å²) in [5, 5.41) is 4.13. The normalized spacial score (nSPS) is 13.1. The highest BCUT2D eigenvalue weighted by Gasteiger charge is 2.15. The first kappa shape index (κ1) is 10.8. The summed E-state index contributed by atoms with van der Waals surface area (Å²) in [5.74, 6) is 0. The molecule has 2 aromatic rings. The van der Waals surface area contributed by atoms with E-state index in [1.54, 1.807) is 22.7 Å². The summed E-state index contributed by atoms with van der Waals surface area (Å²) in [4.78, 5) is 0. The van der Waals surface area contributed by atoms with Gasteiger partial charge in [-0.3, -0.25) is 0 Å². The Labute approximate surface area is 107 Å². The fourth-order valence-corrected chi connectivity index (χ4v) is 4.82. The van der Waals surface area contributed by atoms with Crippen LogP contribution in [0.4, 0.5) is 0 Å². The zero-order valence-corrected chi connectivity index (χ0v) is 11.8. The molecule has 2 rings (SSSR count). The second kappa shape index (κ2) is 4.45. The van der Waals surface area contributed by atoms with Gasteiger partial charge in [-0.2, -0.15) is 11.3 Å². The lowest BCUT2D eigenvalue weighted by Gasteiger charge is -2.08. The predicted molar refractivity (Wildman–Crippen MR) is 70.1 cm³/mol. The van der Waals surface area contributed by atoms with Crippen LogP contribution in [0.2, 0.25) is 0 Å². The summed E-state index contributed by atoms with van der Waals surface area (Å²) in [5.41, 5.74) is 8.44. The van der Waals surface area contributed by atoms with E-state index in [1.807, 2.05) is 5.38 Å². The van der Waals surface area contributed by atoms with Crippen LogP contribution in [-0.4, -0.2) is 0 Å². The highest BCUT2D eigenvalue weighted by Crippen LogP contribution is 2.37. The van der Waals surface area contributed by atoms with Crippen molar-refractivity contribution in [2.24, 2.45) is 5.73 Å². The van der Waals surface area contributed by atoms with Crippen molar-refractivity contribution in [3.8, 4) is 0 Å². The molecule has 0 fully saturated rings. The van der Waals surface area contributed by atoms with Crippen LogP contribution in [0.3, 0.4) is 0 Å². The lowest BCUT2D eigenvalue weighted by atomic mass is 10.1. The molecule has 1 atom stereocenters. The third-order valence-electron chi connectivity index (χ3n) is 1.92. The molecule has 14 heavy (non-hydrogen) atoms. The molecular weight excluding hydrogens is 346 g/mol. The standard InChI is InChI=1S/C9H7Br2NS2/c10-7-3-6(9(11)14-7)8(12)5-1-2-13-4-5/h1-4,8H,12H2. The third-order valence-corrected chi connectivity index (χ3v) is 5.01. The van der Waals surface area contributed by atoms with Crippen molar-refractivity contribution in [1.29, 1.82) is 0 Å². The first-order valence-electron chi connectivity index (χ1n) is 3.91. The summed E-state index contributed by atoms with van der Waals surface area (Å²) >= 11 is 10.3. The van der Waals surface area contributed by atoms with Gasteiger partial charge in [0.15, 0.2) is 0 Å². The summed E-state index contributed by atoms with van der Waals surface area (Å²) in [6.07, 6.45) is 0. The molecule has 1 unspecified atom stereocenters. The van der Waals surface area contributed by atoms with Gasteiger partial charge in [0.25, 0.3) is 0 Å². The van der Waals surface area contributed by atoms with Crippen molar-refractivity contribution in [3.05, 3.63) is 41.6 Å². The van der Waals surface area contributed by atoms with Crippen LogP contribution < -0.4 is 5.73 Å². The number of rotatable bonds is 2. The maximum Gasteiger partial charge on any atom is 0.0761 e. The molecule has 74 valence electrons. The number of hydrogen-bond acceptors (Lipinski definition) is 3. The Morgan fingerprint density at radius 1 is 1.36 bits per heavy atom. The number of nitrogens with two attached hydrogens (primary N) is 1. The van der Waals surface area contributed by atoms with E-state index >= 15 is 0 Å². The fourth-order valence-electron chi connectivity index (χ4n) is 1.20. The molecule has 5 heteroatoms. The van der Waals surface area contributed by atoms with Crippen LogP contribution in [0.25, 0.3) is 0 Å². The van der Waals surface area contributed by atoms with Crippen LogP contribution >= 0.6 is 54.5 Å². The van der Waals surface area contributed by atoms with Crippen molar-refractivity contribution in [2.75, 3.05) is 0 Å². The molecule has 0 aromatic carbocycles. The maximum atomic E-state index is 6.14. The lowest BCUT2D eigenvalue weighted by molar-refractivity contribution is 0.878. The summed E-state index contributed by atoms with van der Waals surface area (Å²) in [6.45, 7) is 0. The molecule has 2 N–H and O–H groups in total. The van der Waals surface area contributed by atoms with Gasteiger partial charge in [-0.25, -0.2) is 0 Å². The van der Waals surface area contributed by atoms with Crippen LogP contribution in [0.5, 0.6) is 0 Å². The quantitative estimate of drug-likeness (QED) is 0.852. The first-order valence-corrected chi connectivity index (χ1v) is 7.25. The Hall–Kier alpha value is 0.320. The van der Waals surface area contributed by atoms with E-state index in [0.717, 1.165) is 13.1 Å². The Morgan fingerprint density at radius 2 is 2.14 bits per heavy atom. The third kappa shape index (κ3) is 2.12. The molecular formula is C9H7Br2NS2. The van der Waals surface area contributed by atoms with Crippen molar-refractivity contribution in [3.63, 3.8) is 0 Å². The van der Waals surface area contributed by atoms with Crippen LogP contribution in [0, 0.1) is 0 Å². The summed E-state index contributed by atoms with van der Waals surface area (Å²) in [6, 6.07) is 4.10. The van der Waals surface area contributed by atoms with E-state index in [9.17, 15) is 0 Å². The minimum absolute atomic E-state index is 0.0295. The van der Waals surface area contributed by atoms with E-state index in [4.69, 9.17) is 5.73 Å². The zero-order chi connectivity index (χ0) is 10.1. The predicted octanol–water partition coefficient (Wildman–Crippen LogP) is 4.38. The Balaban J connectivity index is 2.36. The molecule has 0 saturated heterocycles. The van der Waals surface area contributed by atoms with Crippen molar-refractivity contribution < 1.29 is 0 Å². The van der Waals surface area contributed by atoms with Gasteiger partial charge >= 0.3 is 0 Å². The van der Waals surface area contributed by atoms with Gasteiger partial charge in [0, 0.05) is 0 Å². The van der Waals surface area contributed by atoms with Gasteiger partial charge in [0.05, 0.1) is 13.6 Å². The highest BCUT2D eigenvalue weighted by molar-refractivity contribution is 9.12.